The van der Waals surface area contributed by atoms with Crippen molar-refractivity contribution >= 4 is 21.8 Å². The molecule has 4 aromatic rings. The molecule has 2 aromatic heterocycles. The molecule has 0 amide bonds. The van der Waals surface area contributed by atoms with Gasteiger partial charge in [0, 0.05) is 34.0 Å². The molecule has 2 aromatic carbocycles. The van der Waals surface area contributed by atoms with Gasteiger partial charge in [-0.15, -0.1) is 0 Å². The minimum atomic E-state index is -0.121. The van der Waals surface area contributed by atoms with E-state index >= 15 is 0 Å². The molecule has 0 aliphatic heterocycles. The fourth-order valence-electron chi connectivity index (χ4n) is 5.78. The second-order valence-corrected chi connectivity index (χ2v) is 10.9. The topological polar surface area (TPSA) is 107 Å². The minimum Gasteiger partial charge on any atom is -0.393 e. The Balaban J connectivity index is 0.000000155. The number of aliphatic hydroxyl groups is 4. The van der Waals surface area contributed by atoms with Crippen LogP contribution in [0.15, 0.2) is 60.7 Å². The van der Waals surface area contributed by atoms with Crippen molar-refractivity contribution in [3.05, 3.63) is 83.2 Å². The molecule has 0 unspecified atom stereocenters. The lowest BCUT2D eigenvalue weighted by Crippen LogP contribution is -2.17. The Labute approximate surface area is 224 Å². The molecule has 2 fully saturated rings. The minimum absolute atomic E-state index is 0.0677. The Kier molecular flexibility index (Phi) is 8.65. The Morgan fingerprint density at radius 3 is 1.29 bits per heavy atom. The summed E-state index contributed by atoms with van der Waals surface area (Å²) in [6, 6.07) is 20.1. The van der Waals surface area contributed by atoms with Gasteiger partial charge < -0.3 is 20.4 Å². The Morgan fingerprint density at radius 1 is 0.526 bits per heavy atom. The van der Waals surface area contributed by atoms with Crippen molar-refractivity contribution in [2.24, 2.45) is 0 Å². The molecule has 0 radical (unpaired) electrons. The van der Waals surface area contributed by atoms with E-state index in [0.717, 1.165) is 95.7 Å². The molecule has 0 bridgehead atoms. The van der Waals surface area contributed by atoms with Gasteiger partial charge in [-0.3, -0.25) is 9.97 Å². The largest absolute Gasteiger partial charge is 0.393 e. The van der Waals surface area contributed by atoms with Crippen LogP contribution >= 0.6 is 0 Å². The first-order valence-corrected chi connectivity index (χ1v) is 13.9. The van der Waals surface area contributed by atoms with Crippen LogP contribution in [-0.2, 0) is 13.2 Å². The number of rotatable bonds is 4. The summed E-state index contributed by atoms with van der Waals surface area (Å²) in [6.07, 6.45) is 7.38. The van der Waals surface area contributed by atoms with E-state index in [-0.39, 0.29) is 25.4 Å². The number of pyridine rings is 2. The molecule has 2 aliphatic rings. The van der Waals surface area contributed by atoms with Crippen molar-refractivity contribution in [1.82, 2.24) is 9.97 Å². The van der Waals surface area contributed by atoms with Gasteiger partial charge >= 0.3 is 0 Å². The van der Waals surface area contributed by atoms with E-state index in [1.54, 1.807) is 0 Å². The average Bonchev–Trinajstić information content (AvgIpc) is 2.97. The highest BCUT2D eigenvalue weighted by atomic mass is 16.3. The van der Waals surface area contributed by atoms with Crippen molar-refractivity contribution in [1.29, 1.82) is 0 Å². The fourth-order valence-corrected chi connectivity index (χ4v) is 5.78. The van der Waals surface area contributed by atoms with Crippen LogP contribution in [0.1, 0.15) is 85.7 Å². The summed E-state index contributed by atoms with van der Waals surface area (Å²) >= 11 is 0. The lowest BCUT2D eigenvalue weighted by Gasteiger charge is -2.25. The van der Waals surface area contributed by atoms with Crippen molar-refractivity contribution in [2.75, 3.05) is 0 Å². The Hall–Kier alpha value is -2.90. The highest BCUT2D eigenvalue weighted by Gasteiger charge is 2.22. The number of hydrogen-bond donors (Lipinski definition) is 4. The first-order chi connectivity index (χ1) is 18.5. The second-order valence-electron chi connectivity index (χ2n) is 10.9. The van der Waals surface area contributed by atoms with Gasteiger partial charge in [0.1, 0.15) is 0 Å². The van der Waals surface area contributed by atoms with Gasteiger partial charge in [-0.25, -0.2) is 0 Å². The lowest BCUT2D eigenvalue weighted by atomic mass is 9.85. The molecule has 0 atom stereocenters. The first-order valence-electron chi connectivity index (χ1n) is 13.9. The molecule has 6 heteroatoms. The van der Waals surface area contributed by atoms with Crippen LogP contribution in [0.3, 0.4) is 0 Å². The van der Waals surface area contributed by atoms with E-state index < -0.39 is 0 Å². The van der Waals surface area contributed by atoms with E-state index in [2.05, 4.69) is 24.3 Å². The number of aliphatic hydroxyl groups excluding tert-OH is 4. The lowest BCUT2D eigenvalue weighted by molar-refractivity contribution is 0.121. The Bertz CT molecular complexity index is 1250. The van der Waals surface area contributed by atoms with E-state index in [0.29, 0.717) is 11.8 Å². The molecule has 6 nitrogen and oxygen atoms in total. The predicted octanol–water partition coefficient (Wildman–Crippen LogP) is 5.49. The summed E-state index contributed by atoms with van der Waals surface area (Å²) in [4.78, 5) is 9.47. The summed E-state index contributed by atoms with van der Waals surface area (Å²) < 4.78 is 0. The first kappa shape index (κ1) is 26.7. The number of fused-ring (bicyclic) bond motifs is 2. The highest BCUT2D eigenvalue weighted by Crippen LogP contribution is 2.34. The maximum Gasteiger partial charge on any atom is 0.0705 e. The molecule has 38 heavy (non-hydrogen) atoms. The molecular formula is C32H38N2O4. The van der Waals surface area contributed by atoms with Gasteiger partial charge in [0.2, 0.25) is 0 Å². The van der Waals surface area contributed by atoms with Gasteiger partial charge in [-0.1, -0.05) is 24.3 Å². The zero-order valence-electron chi connectivity index (χ0n) is 21.8. The third-order valence-corrected chi connectivity index (χ3v) is 8.15. The van der Waals surface area contributed by atoms with Crippen LogP contribution in [0.5, 0.6) is 0 Å². The number of hydrogen-bond acceptors (Lipinski definition) is 6. The molecule has 6 rings (SSSR count). The SMILES string of the molecule is OCc1ccc2nc(C3CCC(O)CC3)ccc2c1.OCc1ccc2nc(C3CCC(O)CC3)ccc2c1. The normalized spacial score (nSPS) is 23.7. The maximum absolute atomic E-state index is 9.56. The molecule has 0 spiro atoms. The Morgan fingerprint density at radius 2 is 0.921 bits per heavy atom. The van der Waals surface area contributed by atoms with Gasteiger partial charge in [0.05, 0.1) is 36.5 Å². The third-order valence-electron chi connectivity index (χ3n) is 8.15. The quantitative estimate of drug-likeness (QED) is 0.287. The summed E-state index contributed by atoms with van der Waals surface area (Å²) in [5.74, 6) is 0.954. The molecule has 2 aliphatic carbocycles. The summed E-state index contributed by atoms with van der Waals surface area (Å²) in [7, 11) is 0. The standard InChI is InChI=1S/2C16H19NO2/c2*18-10-11-1-7-16-13(9-11)4-8-15(17-16)12-2-5-14(19)6-3-12/h2*1,4,7-9,12,14,18-19H,2-3,5-6,10H2. The number of aromatic nitrogens is 2. The van der Waals surface area contributed by atoms with Gasteiger partial charge in [0.15, 0.2) is 0 Å². The molecule has 0 saturated heterocycles. The second kappa shape index (κ2) is 12.3. The molecule has 4 N–H and O–H groups in total. The summed E-state index contributed by atoms with van der Waals surface area (Å²) in [6.45, 7) is 0.135. The van der Waals surface area contributed by atoms with Crippen LogP contribution in [0.25, 0.3) is 21.8 Å². The zero-order chi connectivity index (χ0) is 26.5. The number of nitrogens with zero attached hydrogens (tertiary/aromatic N) is 2. The van der Waals surface area contributed by atoms with E-state index in [9.17, 15) is 10.2 Å². The molecule has 2 saturated carbocycles. The van der Waals surface area contributed by atoms with Crippen molar-refractivity contribution in [3.8, 4) is 0 Å². The summed E-state index contributed by atoms with van der Waals surface area (Å²) in [5.41, 5.74) is 6.08. The van der Waals surface area contributed by atoms with Crippen LogP contribution in [0.2, 0.25) is 0 Å². The third kappa shape index (κ3) is 6.38. The van der Waals surface area contributed by atoms with Crippen molar-refractivity contribution in [2.45, 2.75) is 88.6 Å². The van der Waals surface area contributed by atoms with Gasteiger partial charge in [-0.05, 0) is 98.9 Å². The monoisotopic (exact) mass is 514 g/mol. The number of benzene rings is 2. The van der Waals surface area contributed by atoms with E-state index in [4.69, 9.17) is 20.2 Å². The van der Waals surface area contributed by atoms with Crippen molar-refractivity contribution in [3.63, 3.8) is 0 Å². The van der Waals surface area contributed by atoms with Crippen molar-refractivity contribution < 1.29 is 20.4 Å². The van der Waals surface area contributed by atoms with Crippen LogP contribution in [0, 0.1) is 0 Å². The molecule has 200 valence electrons. The molecular weight excluding hydrogens is 476 g/mol. The maximum atomic E-state index is 9.56. The van der Waals surface area contributed by atoms with Crippen LogP contribution in [-0.4, -0.2) is 42.6 Å². The molecule has 2 heterocycles. The van der Waals surface area contributed by atoms with Gasteiger partial charge in [-0.2, -0.15) is 0 Å². The van der Waals surface area contributed by atoms with Crippen LogP contribution < -0.4 is 0 Å². The highest BCUT2D eigenvalue weighted by molar-refractivity contribution is 5.80. The van der Waals surface area contributed by atoms with Gasteiger partial charge in [0.25, 0.3) is 0 Å². The van der Waals surface area contributed by atoms with E-state index in [1.807, 2.05) is 36.4 Å². The summed E-state index contributed by atoms with van der Waals surface area (Å²) in [5, 5.41) is 39.5. The smallest absolute Gasteiger partial charge is 0.0705 e. The fraction of sp³-hybridized carbons (Fsp3) is 0.438. The van der Waals surface area contributed by atoms with E-state index in [1.165, 1.54) is 0 Å². The average molecular weight is 515 g/mol. The van der Waals surface area contributed by atoms with Crippen LogP contribution in [0.4, 0.5) is 0 Å². The zero-order valence-corrected chi connectivity index (χ0v) is 21.8. The predicted molar refractivity (Wildman–Crippen MR) is 150 cm³/mol.